The quantitative estimate of drug-likeness (QED) is 0.858. The van der Waals surface area contributed by atoms with Crippen molar-refractivity contribution in [3.63, 3.8) is 0 Å². The maximum atomic E-state index is 12.4. The number of hydrogen-bond acceptors (Lipinski definition) is 2. The minimum atomic E-state index is -3.67. The molecule has 0 saturated heterocycles. The van der Waals surface area contributed by atoms with Gasteiger partial charge in [0.25, 0.3) is 10.0 Å². The smallest absolute Gasteiger partial charge is 0.262 e. The molecule has 0 aliphatic heterocycles. The Bertz CT molecular complexity index is 760. The van der Waals surface area contributed by atoms with Gasteiger partial charge in [0, 0.05) is 4.47 Å². The van der Waals surface area contributed by atoms with E-state index in [4.69, 9.17) is 11.6 Å². The first-order chi connectivity index (χ1) is 9.29. The van der Waals surface area contributed by atoms with E-state index in [2.05, 4.69) is 20.7 Å². The van der Waals surface area contributed by atoms with Gasteiger partial charge >= 0.3 is 0 Å². The van der Waals surface area contributed by atoms with Crippen LogP contribution in [0.3, 0.4) is 0 Å². The third-order valence-corrected chi connectivity index (χ3v) is 5.12. The molecule has 3 nitrogen and oxygen atoms in total. The fourth-order valence-corrected chi connectivity index (χ4v) is 3.97. The molecule has 0 aromatic heterocycles. The van der Waals surface area contributed by atoms with E-state index in [0.717, 1.165) is 5.56 Å². The normalized spacial score (nSPS) is 11.4. The van der Waals surface area contributed by atoms with Crippen molar-refractivity contribution in [3.8, 4) is 0 Å². The van der Waals surface area contributed by atoms with Gasteiger partial charge in [0.15, 0.2) is 0 Å². The fraction of sp³-hybridized carbons (Fsp3) is 0.143. The van der Waals surface area contributed by atoms with Gasteiger partial charge in [-0.15, -0.1) is 0 Å². The van der Waals surface area contributed by atoms with Crippen LogP contribution in [0, 0.1) is 13.8 Å². The molecule has 1 N–H and O–H groups in total. The SMILES string of the molecule is Cc1ccc(NS(=O)(=O)c2cc(Br)ccc2C)c(Cl)c1. The Kier molecular flexibility index (Phi) is 4.42. The van der Waals surface area contributed by atoms with Crippen molar-refractivity contribution in [2.45, 2.75) is 18.7 Å². The lowest BCUT2D eigenvalue weighted by Gasteiger charge is -2.12. The first-order valence-corrected chi connectivity index (χ1v) is 8.50. The minimum Gasteiger partial charge on any atom is -0.278 e. The summed E-state index contributed by atoms with van der Waals surface area (Å²) in [6.07, 6.45) is 0. The van der Waals surface area contributed by atoms with Crippen LogP contribution in [0.1, 0.15) is 11.1 Å². The van der Waals surface area contributed by atoms with Gasteiger partial charge in [-0.05, 0) is 49.2 Å². The van der Waals surface area contributed by atoms with Crippen LogP contribution in [-0.4, -0.2) is 8.42 Å². The van der Waals surface area contributed by atoms with E-state index < -0.39 is 10.0 Å². The molecule has 6 heteroatoms. The zero-order chi connectivity index (χ0) is 14.9. The number of hydrogen-bond donors (Lipinski definition) is 1. The van der Waals surface area contributed by atoms with Crippen LogP contribution in [-0.2, 0) is 10.0 Å². The molecule has 2 aromatic rings. The maximum Gasteiger partial charge on any atom is 0.262 e. The first-order valence-electron chi connectivity index (χ1n) is 5.85. The van der Waals surface area contributed by atoms with Gasteiger partial charge in [-0.1, -0.05) is 39.7 Å². The van der Waals surface area contributed by atoms with E-state index >= 15 is 0 Å². The van der Waals surface area contributed by atoms with E-state index in [1.807, 2.05) is 6.92 Å². The van der Waals surface area contributed by atoms with Crippen molar-refractivity contribution < 1.29 is 8.42 Å². The van der Waals surface area contributed by atoms with E-state index in [-0.39, 0.29) is 4.90 Å². The minimum absolute atomic E-state index is 0.225. The van der Waals surface area contributed by atoms with Crippen molar-refractivity contribution in [2.75, 3.05) is 4.72 Å². The van der Waals surface area contributed by atoms with E-state index in [0.29, 0.717) is 20.7 Å². The Morgan fingerprint density at radius 1 is 1.10 bits per heavy atom. The maximum absolute atomic E-state index is 12.4. The molecule has 2 aromatic carbocycles. The average molecular weight is 375 g/mol. The van der Waals surface area contributed by atoms with Crippen LogP contribution in [0.2, 0.25) is 5.02 Å². The Morgan fingerprint density at radius 2 is 1.80 bits per heavy atom. The third-order valence-electron chi connectivity index (χ3n) is 2.81. The zero-order valence-corrected chi connectivity index (χ0v) is 14.1. The predicted octanol–water partition coefficient (Wildman–Crippen LogP) is 4.52. The average Bonchev–Trinajstić information content (AvgIpc) is 2.35. The number of benzene rings is 2. The van der Waals surface area contributed by atoms with Gasteiger partial charge in [0.2, 0.25) is 0 Å². The van der Waals surface area contributed by atoms with Gasteiger partial charge in [0.05, 0.1) is 15.6 Å². The van der Waals surface area contributed by atoms with E-state index in [1.54, 1.807) is 43.3 Å². The molecule has 0 saturated carbocycles. The lowest BCUT2D eigenvalue weighted by molar-refractivity contribution is 0.600. The van der Waals surface area contributed by atoms with Crippen LogP contribution < -0.4 is 4.72 Å². The van der Waals surface area contributed by atoms with Gasteiger partial charge in [-0.25, -0.2) is 8.42 Å². The van der Waals surface area contributed by atoms with Crippen molar-refractivity contribution in [2.24, 2.45) is 0 Å². The molecule has 0 unspecified atom stereocenters. The number of halogens is 2. The summed E-state index contributed by atoms with van der Waals surface area (Å²) in [6, 6.07) is 10.3. The second-order valence-electron chi connectivity index (χ2n) is 4.50. The Hall–Kier alpha value is -1.04. The highest BCUT2D eigenvalue weighted by Gasteiger charge is 2.18. The number of rotatable bonds is 3. The summed E-state index contributed by atoms with van der Waals surface area (Å²) < 4.78 is 28.1. The summed E-state index contributed by atoms with van der Waals surface area (Å²) in [5.41, 5.74) is 2.01. The molecular formula is C14H13BrClNO2S. The number of aryl methyl sites for hydroxylation is 2. The summed E-state index contributed by atoms with van der Waals surface area (Å²) in [6.45, 7) is 3.64. The highest BCUT2D eigenvalue weighted by atomic mass is 79.9. The highest BCUT2D eigenvalue weighted by molar-refractivity contribution is 9.10. The second kappa shape index (κ2) is 5.76. The van der Waals surface area contributed by atoms with Crippen LogP contribution in [0.5, 0.6) is 0 Å². The molecule has 0 aliphatic rings. The zero-order valence-electron chi connectivity index (χ0n) is 10.9. The molecule has 0 spiro atoms. The molecule has 0 aliphatic carbocycles. The topological polar surface area (TPSA) is 46.2 Å². The van der Waals surface area contributed by atoms with Crippen LogP contribution in [0.4, 0.5) is 5.69 Å². The summed E-state index contributed by atoms with van der Waals surface area (Å²) in [5, 5.41) is 0.376. The summed E-state index contributed by atoms with van der Waals surface area (Å²) in [5.74, 6) is 0. The lowest BCUT2D eigenvalue weighted by atomic mass is 10.2. The molecular weight excluding hydrogens is 362 g/mol. The molecule has 0 atom stereocenters. The number of nitrogens with one attached hydrogen (secondary N) is 1. The van der Waals surface area contributed by atoms with Crippen LogP contribution in [0.15, 0.2) is 45.8 Å². The Morgan fingerprint density at radius 3 is 2.45 bits per heavy atom. The highest BCUT2D eigenvalue weighted by Crippen LogP contribution is 2.27. The fourth-order valence-electron chi connectivity index (χ4n) is 1.77. The first kappa shape index (κ1) is 15.4. The summed E-state index contributed by atoms with van der Waals surface area (Å²) >= 11 is 9.34. The van der Waals surface area contributed by atoms with Crippen molar-refractivity contribution in [1.82, 2.24) is 0 Å². The van der Waals surface area contributed by atoms with Crippen molar-refractivity contribution in [3.05, 3.63) is 57.0 Å². The second-order valence-corrected chi connectivity index (χ2v) is 7.47. The molecule has 20 heavy (non-hydrogen) atoms. The van der Waals surface area contributed by atoms with Gasteiger partial charge in [-0.2, -0.15) is 0 Å². The summed E-state index contributed by atoms with van der Waals surface area (Å²) in [4.78, 5) is 0.225. The van der Waals surface area contributed by atoms with E-state index in [1.165, 1.54) is 0 Å². The molecule has 0 bridgehead atoms. The van der Waals surface area contributed by atoms with Crippen LogP contribution in [0.25, 0.3) is 0 Å². The Labute approximate surface area is 132 Å². The van der Waals surface area contributed by atoms with Crippen molar-refractivity contribution >= 4 is 43.2 Å². The predicted molar refractivity (Wildman–Crippen MR) is 85.9 cm³/mol. The van der Waals surface area contributed by atoms with E-state index in [9.17, 15) is 8.42 Å². The number of sulfonamides is 1. The van der Waals surface area contributed by atoms with Crippen LogP contribution >= 0.6 is 27.5 Å². The van der Waals surface area contributed by atoms with Gasteiger partial charge in [0.1, 0.15) is 0 Å². The Balaban J connectivity index is 2.43. The molecule has 0 amide bonds. The largest absolute Gasteiger partial charge is 0.278 e. The summed E-state index contributed by atoms with van der Waals surface area (Å²) in [7, 11) is -3.67. The molecule has 2 rings (SSSR count). The monoisotopic (exact) mass is 373 g/mol. The van der Waals surface area contributed by atoms with Gasteiger partial charge in [-0.3, -0.25) is 4.72 Å². The standard InChI is InChI=1S/C14H13BrClNO2S/c1-9-3-6-13(12(16)7-9)17-20(18,19)14-8-11(15)5-4-10(14)2/h3-8,17H,1-2H3. The molecule has 0 fully saturated rings. The molecule has 0 radical (unpaired) electrons. The lowest BCUT2D eigenvalue weighted by Crippen LogP contribution is -2.14. The third kappa shape index (κ3) is 3.34. The van der Waals surface area contributed by atoms with Gasteiger partial charge < -0.3 is 0 Å². The van der Waals surface area contributed by atoms with Crippen molar-refractivity contribution in [1.29, 1.82) is 0 Å². The molecule has 106 valence electrons. The molecule has 0 heterocycles. The number of anilines is 1.